The lowest BCUT2D eigenvalue weighted by Crippen LogP contribution is -2.36. The quantitative estimate of drug-likeness (QED) is 0.916. The minimum absolute atomic E-state index is 0.0186. The fraction of sp³-hybridized carbons (Fsp3) is 0.500. The molecule has 1 aliphatic heterocycles. The summed E-state index contributed by atoms with van der Waals surface area (Å²) in [5.41, 5.74) is 3.12. The average molecular weight is 351 g/mol. The van der Waals surface area contributed by atoms with E-state index in [2.05, 4.69) is 20.2 Å². The number of aryl methyl sites for hydroxylation is 1. The molecule has 6 heteroatoms. The van der Waals surface area contributed by atoms with Gasteiger partial charge in [0.2, 0.25) is 11.9 Å². The van der Waals surface area contributed by atoms with Crippen LogP contribution in [-0.2, 0) is 17.6 Å². The molecule has 2 atom stereocenters. The normalized spacial score (nSPS) is 20.5. The first-order valence-electron chi connectivity index (χ1n) is 9.52. The third-order valence-corrected chi connectivity index (χ3v) is 5.39. The van der Waals surface area contributed by atoms with Crippen molar-refractivity contribution in [2.45, 2.75) is 45.1 Å². The second kappa shape index (κ2) is 7.40. The van der Waals surface area contributed by atoms with Crippen molar-refractivity contribution < 1.29 is 4.79 Å². The van der Waals surface area contributed by atoms with E-state index in [1.165, 1.54) is 12.8 Å². The molecule has 1 saturated heterocycles. The van der Waals surface area contributed by atoms with Gasteiger partial charge in [0.15, 0.2) is 0 Å². The van der Waals surface area contributed by atoms with Gasteiger partial charge < -0.3 is 10.2 Å². The second-order valence-corrected chi connectivity index (χ2v) is 7.26. The highest BCUT2D eigenvalue weighted by atomic mass is 16.1. The smallest absolute Gasteiger partial charge is 0.225 e. The Morgan fingerprint density at radius 3 is 2.88 bits per heavy atom. The van der Waals surface area contributed by atoms with Crippen LogP contribution in [0.25, 0.3) is 0 Å². The molecule has 4 rings (SSSR count). The van der Waals surface area contributed by atoms with Crippen LogP contribution in [0.15, 0.2) is 30.6 Å². The summed E-state index contributed by atoms with van der Waals surface area (Å²) in [6, 6.07) is 5.68. The Morgan fingerprint density at radius 1 is 1.27 bits per heavy atom. The van der Waals surface area contributed by atoms with E-state index in [0.717, 1.165) is 55.3 Å². The number of fused-ring (bicyclic) bond motifs is 1. The first kappa shape index (κ1) is 16.9. The number of aromatic nitrogens is 3. The van der Waals surface area contributed by atoms with E-state index < -0.39 is 0 Å². The molecule has 2 aromatic heterocycles. The number of rotatable bonds is 4. The number of carbonyl (C=O) groups excluding carboxylic acids is 1. The van der Waals surface area contributed by atoms with Gasteiger partial charge in [-0.2, -0.15) is 0 Å². The Kier molecular flexibility index (Phi) is 4.82. The van der Waals surface area contributed by atoms with Crippen LogP contribution in [0.1, 0.15) is 49.2 Å². The molecular formula is C20H25N5O. The van der Waals surface area contributed by atoms with Gasteiger partial charge in [-0.15, -0.1) is 0 Å². The summed E-state index contributed by atoms with van der Waals surface area (Å²) in [6.07, 6.45) is 8.52. The van der Waals surface area contributed by atoms with Gasteiger partial charge >= 0.3 is 0 Å². The Labute approximate surface area is 154 Å². The lowest BCUT2D eigenvalue weighted by molar-refractivity contribution is -0.126. The lowest BCUT2D eigenvalue weighted by atomic mass is 9.86. The Morgan fingerprint density at radius 2 is 2.12 bits per heavy atom. The summed E-state index contributed by atoms with van der Waals surface area (Å²) in [5.74, 6) is 0.931. The molecule has 6 nitrogen and oxygen atoms in total. The summed E-state index contributed by atoms with van der Waals surface area (Å²) < 4.78 is 0. The molecule has 1 aliphatic carbocycles. The second-order valence-electron chi connectivity index (χ2n) is 7.26. The number of carbonyl (C=O) groups is 1. The summed E-state index contributed by atoms with van der Waals surface area (Å²) >= 11 is 0. The van der Waals surface area contributed by atoms with Gasteiger partial charge in [-0.25, -0.2) is 9.97 Å². The van der Waals surface area contributed by atoms with E-state index in [1.807, 2.05) is 31.3 Å². The highest BCUT2D eigenvalue weighted by molar-refractivity contribution is 5.79. The molecule has 0 spiro atoms. The number of hydrogen-bond donors (Lipinski definition) is 1. The van der Waals surface area contributed by atoms with Crippen LogP contribution in [0.4, 0.5) is 5.95 Å². The van der Waals surface area contributed by atoms with Gasteiger partial charge in [-0.05, 0) is 56.7 Å². The van der Waals surface area contributed by atoms with E-state index in [1.54, 1.807) is 6.20 Å². The van der Waals surface area contributed by atoms with Crippen molar-refractivity contribution in [1.29, 1.82) is 0 Å². The molecule has 1 fully saturated rings. The number of pyridine rings is 1. The standard InChI is InChI=1S/C20H25N5O/c1-14(17-6-2-3-9-21-17)23-19(26)15-7-8-18-16(12-15)13-22-20(24-18)25-10-4-5-11-25/h2-3,6,9,13-15H,4-5,7-8,10-12H2,1H3,(H,23,26)/t14-,15-/m1/s1. The SMILES string of the molecule is C[C@@H](NC(=O)[C@@H]1CCc2nc(N3CCCC3)ncc2C1)c1ccccn1. The molecule has 0 unspecified atom stereocenters. The fourth-order valence-electron chi connectivity index (χ4n) is 3.83. The van der Waals surface area contributed by atoms with Crippen molar-refractivity contribution in [2.75, 3.05) is 18.0 Å². The topological polar surface area (TPSA) is 71.0 Å². The zero-order valence-corrected chi connectivity index (χ0v) is 15.2. The molecular weight excluding hydrogens is 326 g/mol. The number of nitrogens with zero attached hydrogens (tertiary/aromatic N) is 4. The van der Waals surface area contributed by atoms with E-state index in [-0.39, 0.29) is 17.9 Å². The largest absolute Gasteiger partial charge is 0.348 e. The third kappa shape index (κ3) is 3.54. The van der Waals surface area contributed by atoms with Gasteiger partial charge in [0, 0.05) is 37.1 Å². The fourth-order valence-corrected chi connectivity index (χ4v) is 3.83. The third-order valence-electron chi connectivity index (χ3n) is 5.39. The van der Waals surface area contributed by atoms with E-state index >= 15 is 0 Å². The van der Waals surface area contributed by atoms with Crippen molar-refractivity contribution in [3.05, 3.63) is 47.5 Å². The van der Waals surface area contributed by atoms with Crippen molar-refractivity contribution in [3.63, 3.8) is 0 Å². The molecule has 1 N–H and O–H groups in total. The molecule has 136 valence electrons. The number of anilines is 1. The van der Waals surface area contributed by atoms with Crippen LogP contribution < -0.4 is 10.2 Å². The number of nitrogens with one attached hydrogen (secondary N) is 1. The molecule has 1 amide bonds. The van der Waals surface area contributed by atoms with Gasteiger partial charge in [0.25, 0.3) is 0 Å². The molecule has 2 aliphatic rings. The van der Waals surface area contributed by atoms with Crippen LogP contribution in [0.5, 0.6) is 0 Å². The first-order valence-corrected chi connectivity index (χ1v) is 9.52. The molecule has 26 heavy (non-hydrogen) atoms. The van der Waals surface area contributed by atoms with Gasteiger partial charge in [-0.1, -0.05) is 6.07 Å². The average Bonchev–Trinajstić information content (AvgIpc) is 3.22. The Hall–Kier alpha value is -2.50. The van der Waals surface area contributed by atoms with Crippen LogP contribution in [0, 0.1) is 5.92 Å². The predicted molar refractivity (Wildman–Crippen MR) is 99.8 cm³/mol. The van der Waals surface area contributed by atoms with Crippen LogP contribution in [-0.4, -0.2) is 33.9 Å². The highest BCUT2D eigenvalue weighted by Gasteiger charge is 2.28. The number of hydrogen-bond acceptors (Lipinski definition) is 5. The van der Waals surface area contributed by atoms with Crippen LogP contribution >= 0.6 is 0 Å². The molecule has 3 heterocycles. The zero-order valence-electron chi connectivity index (χ0n) is 15.2. The predicted octanol–water partition coefficient (Wildman–Crippen LogP) is 2.45. The summed E-state index contributed by atoms with van der Waals surface area (Å²) in [7, 11) is 0. The summed E-state index contributed by atoms with van der Waals surface area (Å²) in [6.45, 7) is 4.08. The summed E-state index contributed by atoms with van der Waals surface area (Å²) in [4.78, 5) is 28.6. The van der Waals surface area contributed by atoms with Gasteiger partial charge in [0.05, 0.1) is 11.7 Å². The maximum atomic E-state index is 12.7. The van der Waals surface area contributed by atoms with Gasteiger partial charge in [-0.3, -0.25) is 9.78 Å². The molecule has 0 bridgehead atoms. The molecule has 0 aromatic carbocycles. The minimum Gasteiger partial charge on any atom is -0.348 e. The highest BCUT2D eigenvalue weighted by Crippen LogP contribution is 2.27. The Balaban J connectivity index is 1.40. The Bertz CT molecular complexity index is 773. The van der Waals surface area contributed by atoms with Crippen molar-refractivity contribution in [3.8, 4) is 0 Å². The first-order chi connectivity index (χ1) is 12.7. The molecule has 2 aromatic rings. The maximum absolute atomic E-state index is 12.7. The van der Waals surface area contributed by atoms with E-state index in [9.17, 15) is 4.79 Å². The van der Waals surface area contributed by atoms with Crippen LogP contribution in [0.3, 0.4) is 0 Å². The molecule has 0 radical (unpaired) electrons. The minimum atomic E-state index is -0.0844. The van der Waals surface area contributed by atoms with Crippen LogP contribution in [0.2, 0.25) is 0 Å². The number of amides is 1. The van der Waals surface area contributed by atoms with Crippen molar-refractivity contribution >= 4 is 11.9 Å². The van der Waals surface area contributed by atoms with Crippen molar-refractivity contribution in [2.24, 2.45) is 5.92 Å². The van der Waals surface area contributed by atoms with E-state index in [4.69, 9.17) is 4.98 Å². The monoisotopic (exact) mass is 351 g/mol. The van der Waals surface area contributed by atoms with E-state index in [0.29, 0.717) is 0 Å². The maximum Gasteiger partial charge on any atom is 0.225 e. The molecule has 0 saturated carbocycles. The van der Waals surface area contributed by atoms with Gasteiger partial charge in [0.1, 0.15) is 0 Å². The van der Waals surface area contributed by atoms with Crippen molar-refractivity contribution in [1.82, 2.24) is 20.3 Å². The zero-order chi connectivity index (χ0) is 17.9. The lowest BCUT2D eigenvalue weighted by Gasteiger charge is -2.25. The summed E-state index contributed by atoms with van der Waals surface area (Å²) in [5, 5.41) is 3.10.